The Bertz CT molecular complexity index is 665. The van der Waals surface area contributed by atoms with E-state index in [1.54, 1.807) is 33.1 Å². The molecule has 1 heterocycles. The van der Waals surface area contributed by atoms with Crippen molar-refractivity contribution in [2.75, 3.05) is 13.7 Å². The van der Waals surface area contributed by atoms with Crippen molar-refractivity contribution in [1.29, 1.82) is 0 Å². The summed E-state index contributed by atoms with van der Waals surface area (Å²) in [4.78, 5) is 24.1. The standard InChI is InChI=1S/C15H16Br2N2O4/c1-4-23-14(20)11-7(2)18-15(21)19-12(11)8-5-9(16)13(22-3)10(17)6-8/h5-6,12H,4H2,1-3H3,(H2,18,19,21). The highest BCUT2D eigenvalue weighted by Gasteiger charge is 2.32. The van der Waals surface area contributed by atoms with Crippen LogP contribution in [0.5, 0.6) is 5.75 Å². The fourth-order valence-electron chi connectivity index (χ4n) is 2.36. The Morgan fingerprint density at radius 1 is 1.30 bits per heavy atom. The summed E-state index contributed by atoms with van der Waals surface area (Å²) in [6.45, 7) is 3.66. The van der Waals surface area contributed by atoms with Gasteiger partial charge >= 0.3 is 12.0 Å². The summed E-state index contributed by atoms with van der Waals surface area (Å²) in [6, 6.07) is 2.61. The first kappa shape index (κ1) is 17.8. The van der Waals surface area contributed by atoms with Gasteiger partial charge in [-0.1, -0.05) is 0 Å². The average molecular weight is 448 g/mol. The maximum absolute atomic E-state index is 12.3. The van der Waals surface area contributed by atoms with E-state index >= 15 is 0 Å². The molecule has 2 N–H and O–H groups in total. The molecule has 0 spiro atoms. The van der Waals surface area contributed by atoms with E-state index < -0.39 is 12.0 Å². The summed E-state index contributed by atoms with van der Waals surface area (Å²) in [6.07, 6.45) is 0. The number of rotatable bonds is 4. The van der Waals surface area contributed by atoms with E-state index in [9.17, 15) is 9.59 Å². The zero-order chi connectivity index (χ0) is 17.1. The van der Waals surface area contributed by atoms with Gasteiger partial charge in [-0.05, 0) is 63.4 Å². The third-order valence-corrected chi connectivity index (χ3v) is 4.50. The van der Waals surface area contributed by atoms with Gasteiger partial charge in [-0.25, -0.2) is 9.59 Å². The van der Waals surface area contributed by atoms with E-state index in [4.69, 9.17) is 9.47 Å². The number of carbonyl (C=O) groups excluding carboxylic acids is 2. The topological polar surface area (TPSA) is 76.7 Å². The van der Waals surface area contributed by atoms with Crippen molar-refractivity contribution in [2.24, 2.45) is 0 Å². The van der Waals surface area contributed by atoms with Crippen LogP contribution in [0.15, 0.2) is 32.3 Å². The lowest BCUT2D eigenvalue weighted by molar-refractivity contribution is -0.139. The number of hydrogen-bond donors (Lipinski definition) is 2. The lowest BCUT2D eigenvalue weighted by atomic mass is 9.95. The molecular formula is C15H16Br2N2O4. The van der Waals surface area contributed by atoms with Gasteiger partial charge in [0.05, 0.1) is 34.3 Å². The number of allylic oxidation sites excluding steroid dienone is 1. The summed E-state index contributed by atoms with van der Waals surface area (Å²) < 4.78 is 11.8. The molecular weight excluding hydrogens is 432 g/mol. The monoisotopic (exact) mass is 446 g/mol. The molecule has 0 aromatic heterocycles. The zero-order valence-corrected chi connectivity index (χ0v) is 16.0. The molecule has 0 fully saturated rings. The van der Waals surface area contributed by atoms with Crippen molar-refractivity contribution in [3.63, 3.8) is 0 Å². The molecule has 0 radical (unpaired) electrons. The quantitative estimate of drug-likeness (QED) is 0.693. The summed E-state index contributed by atoms with van der Waals surface area (Å²) in [7, 11) is 1.56. The predicted molar refractivity (Wildman–Crippen MR) is 92.1 cm³/mol. The van der Waals surface area contributed by atoms with Gasteiger partial charge in [0.15, 0.2) is 0 Å². The molecule has 1 unspecified atom stereocenters. The highest BCUT2D eigenvalue weighted by Crippen LogP contribution is 2.38. The largest absolute Gasteiger partial charge is 0.494 e. The Labute approximate surface area is 150 Å². The third kappa shape index (κ3) is 3.69. The molecule has 0 saturated carbocycles. The van der Waals surface area contributed by atoms with Crippen molar-refractivity contribution >= 4 is 43.9 Å². The van der Waals surface area contributed by atoms with E-state index in [1.165, 1.54) is 0 Å². The van der Waals surface area contributed by atoms with Crippen LogP contribution in [0.1, 0.15) is 25.5 Å². The smallest absolute Gasteiger partial charge is 0.338 e. The maximum atomic E-state index is 12.3. The summed E-state index contributed by atoms with van der Waals surface area (Å²) in [5, 5.41) is 5.35. The first-order chi connectivity index (χ1) is 10.9. The SMILES string of the molecule is CCOC(=O)C1=C(C)NC(=O)NC1c1cc(Br)c(OC)c(Br)c1. The molecule has 6 nitrogen and oxygen atoms in total. The van der Waals surface area contributed by atoms with Crippen LogP contribution in [0, 0.1) is 0 Å². The van der Waals surface area contributed by atoms with Gasteiger partial charge in [0.25, 0.3) is 0 Å². The fraction of sp³-hybridized carbons (Fsp3) is 0.333. The lowest BCUT2D eigenvalue weighted by Crippen LogP contribution is -2.45. The third-order valence-electron chi connectivity index (χ3n) is 3.32. The van der Waals surface area contributed by atoms with Crippen LogP contribution >= 0.6 is 31.9 Å². The van der Waals surface area contributed by atoms with Gasteiger partial charge in [0.1, 0.15) is 5.75 Å². The zero-order valence-electron chi connectivity index (χ0n) is 12.8. The van der Waals surface area contributed by atoms with E-state index in [2.05, 4.69) is 42.5 Å². The predicted octanol–water partition coefficient (Wildman–Crippen LogP) is 3.41. The number of ether oxygens (including phenoxy) is 2. The van der Waals surface area contributed by atoms with Gasteiger partial charge in [0.2, 0.25) is 0 Å². The molecule has 1 atom stereocenters. The van der Waals surface area contributed by atoms with Gasteiger partial charge in [-0.2, -0.15) is 0 Å². The van der Waals surface area contributed by atoms with Gasteiger partial charge in [-0.3, -0.25) is 0 Å². The molecule has 23 heavy (non-hydrogen) atoms. The number of amides is 2. The number of nitrogens with one attached hydrogen (secondary N) is 2. The summed E-state index contributed by atoms with van der Waals surface area (Å²) in [5.41, 5.74) is 1.57. The second-order valence-corrected chi connectivity index (χ2v) is 6.52. The molecule has 0 aliphatic carbocycles. The normalized spacial score (nSPS) is 17.4. The average Bonchev–Trinajstić information content (AvgIpc) is 2.46. The van der Waals surface area contributed by atoms with Crippen LogP contribution in [0.2, 0.25) is 0 Å². The minimum atomic E-state index is -0.610. The number of methoxy groups -OCH3 is 1. The number of hydrogen-bond acceptors (Lipinski definition) is 4. The molecule has 0 saturated heterocycles. The number of halogens is 2. The second-order valence-electron chi connectivity index (χ2n) is 4.81. The maximum Gasteiger partial charge on any atom is 0.338 e. The molecule has 1 aromatic carbocycles. The van der Waals surface area contributed by atoms with Crippen LogP contribution < -0.4 is 15.4 Å². The minimum Gasteiger partial charge on any atom is -0.494 e. The van der Waals surface area contributed by atoms with Gasteiger partial charge in [-0.15, -0.1) is 0 Å². The van der Waals surface area contributed by atoms with Crippen LogP contribution in [-0.2, 0) is 9.53 Å². The number of urea groups is 1. The molecule has 2 amide bonds. The van der Waals surface area contributed by atoms with Gasteiger partial charge in [0, 0.05) is 5.70 Å². The van der Waals surface area contributed by atoms with E-state index in [1.807, 2.05) is 0 Å². The van der Waals surface area contributed by atoms with Crippen molar-refractivity contribution in [3.8, 4) is 5.75 Å². The highest BCUT2D eigenvalue weighted by molar-refractivity contribution is 9.11. The Morgan fingerprint density at radius 2 is 1.91 bits per heavy atom. The second kappa shape index (κ2) is 7.35. The number of esters is 1. The van der Waals surface area contributed by atoms with E-state index in [0.717, 1.165) is 5.56 Å². The molecule has 1 aliphatic rings. The molecule has 8 heteroatoms. The van der Waals surface area contributed by atoms with Crippen LogP contribution in [0.4, 0.5) is 4.79 Å². The molecule has 1 aliphatic heterocycles. The Morgan fingerprint density at radius 3 is 2.43 bits per heavy atom. The van der Waals surface area contributed by atoms with E-state index in [0.29, 0.717) is 26.0 Å². The molecule has 2 rings (SSSR count). The first-order valence-electron chi connectivity index (χ1n) is 6.87. The van der Waals surface area contributed by atoms with Crippen LogP contribution in [-0.4, -0.2) is 25.7 Å². The summed E-state index contributed by atoms with van der Waals surface area (Å²) >= 11 is 6.85. The van der Waals surface area contributed by atoms with Crippen LogP contribution in [0.25, 0.3) is 0 Å². The van der Waals surface area contributed by atoms with E-state index in [-0.39, 0.29) is 12.6 Å². The minimum absolute atomic E-state index is 0.256. The van der Waals surface area contributed by atoms with Crippen molar-refractivity contribution in [3.05, 3.63) is 37.9 Å². The fourth-order valence-corrected chi connectivity index (χ4v) is 3.91. The van der Waals surface area contributed by atoms with Gasteiger partial charge < -0.3 is 20.1 Å². The van der Waals surface area contributed by atoms with Crippen molar-refractivity contribution < 1.29 is 19.1 Å². The Balaban J connectivity index is 2.52. The van der Waals surface area contributed by atoms with Crippen molar-refractivity contribution in [1.82, 2.24) is 10.6 Å². The number of carbonyl (C=O) groups is 2. The Kier molecular flexibility index (Phi) is 5.69. The lowest BCUT2D eigenvalue weighted by Gasteiger charge is -2.28. The molecule has 0 bridgehead atoms. The molecule has 124 valence electrons. The number of benzene rings is 1. The highest BCUT2D eigenvalue weighted by atomic mass is 79.9. The Hall–Kier alpha value is -1.54. The molecule has 1 aromatic rings. The summed E-state index contributed by atoms with van der Waals surface area (Å²) in [5.74, 6) is 0.165. The first-order valence-corrected chi connectivity index (χ1v) is 8.46. The van der Waals surface area contributed by atoms with Crippen molar-refractivity contribution in [2.45, 2.75) is 19.9 Å². The van der Waals surface area contributed by atoms with Crippen LogP contribution in [0.3, 0.4) is 0 Å².